The third-order valence-electron chi connectivity index (χ3n) is 4.70. The van der Waals surface area contributed by atoms with E-state index in [1.54, 1.807) is 14.2 Å². The summed E-state index contributed by atoms with van der Waals surface area (Å²) in [5, 5.41) is 13.0. The lowest BCUT2D eigenvalue weighted by molar-refractivity contribution is -0.119. The SMILES string of the molecule is COc1ccc(OC)c([C@@H](C)NC(=O)CSc2nc(C)c(C)c(C)c2C#N)c1. The molecule has 6 nitrogen and oxygen atoms in total. The van der Waals surface area contributed by atoms with E-state index in [1.165, 1.54) is 11.8 Å². The number of nitriles is 1. The summed E-state index contributed by atoms with van der Waals surface area (Å²) in [6.07, 6.45) is 0. The molecule has 1 amide bonds. The largest absolute Gasteiger partial charge is 0.497 e. The van der Waals surface area contributed by atoms with Gasteiger partial charge in [0.1, 0.15) is 22.6 Å². The molecule has 0 saturated carbocycles. The molecule has 0 bridgehead atoms. The summed E-state index contributed by atoms with van der Waals surface area (Å²) in [5.41, 5.74) is 4.15. The minimum absolute atomic E-state index is 0.149. The molecule has 1 aromatic carbocycles. The van der Waals surface area contributed by atoms with Crippen LogP contribution in [0.2, 0.25) is 0 Å². The van der Waals surface area contributed by atoms with Crippen molar-refractivity contribution in [2.75, 3.05) is 20.0 Å². The van der Waals surface area contributed by atoms with Gasteiger partial charge in [0.15, 0.2) is 0 Å². The number of amides is 1. The van der Waals surface area contributed by atoms with Crippen LogP contribution in [0.25, 0.3) is 0 Å². The summed E-state index contributed by atoms with van der Waals surface area (Å²) in [4.78, 5) is 17.0. The molecule has 0 aliphatic heterocycles. The van der Waals surface area contributed by atoms with E-state index in [9.17, 15) is 10.1 Å². The van der Waals surface area contributed by atoms with Gasteiger partial charge in [-0.2, -0.15) is 5.26 Å². The van der Waals surface area contributed by atoms with Crippen LogP contribution in [0.15, 0.2) is 23.2 Å². The van der Waals surface area contributed by atoms with Crippen molar-refractivity contribution in [3.8, 4) is 17.6 Å². The Morgan fingerprint density at radius 1 is 1.25 bits per heavy atom. The average molecular weight is 400 g/mol. The fraction of sp³-hybridized carbons (Fsp3) is 0.381. The molecule has 1 aromatic heterocycles. The number of nitrogens with one attached hydrogen (secondary N) is 1. The van der Waals surface area contributed by atoms with E-state index in [0.717, 1.165) is 22.4 Å². The number of ether oxygens (including phenoxy) is 2. The van der Waals surface area contributed by atoms with Gasteiger partial charge in [0.2, 0.25) is 5.91 Å². The summed E-state index contributed by atoms with van der Waals surface area (Å²) < 4.78 is 10.6. The zero-order valence-corrected chi connectivity index (χ0v) is 17.9. The molecule has 28 heavy (non-hydrogen) atoms. The van der Waals surface area contributed by atoms with Gasteiger partial charge in [-0.1, -0.05) is 11.8 Å². The van der Waals surface area contributed by atoms with Crippen LogP contribution >= 0.6 is 11.8 Å². The predicted octanol–water partition coefficient (Wildman–Crippen LogP) is 3.87. The molecule has 0 unspecified atom stereocenters. The maximum Gasteiger partial charge on any atom is 0.230 e. The molecule has 7 heteroatoms. The third kappa shape index (κ3) is 4.76. The Kier molecular flexibility index (Phi) is 7.30. The number of thioether (sulfide) groups is 1. The van der Waals surface area contributed by atoms with E-state index < -0.39 is 0 Å². The quantitative estimate of drug-likeness (QED) is 0.712. The molecule has 0 aliphatic carbocycles. The molecule has 1 heterocycles. The number of hydrogen-bond acceptors (Lipinski definition) is 6. The maximum atomic E-state index is 12.5. The number of pyridine rings is 1. The van der Waals surface area contributed by atoms with Crippen molar-refractivity contribution in [3.63, 3.8) is 0 Å². The van der Waals surface area contributed by atoms with Crippen molar-refractivity contribution in [3.05, 3.63) is 46.1 Å². The van der Waals surface area contributed by atoms with Gasteiger partial charge in [0.05, 0.1) is 31.6 Å². The molecule has 0 saturated heterocycles. The Labute approximate surface area is 170 Å². The van der Waals surface area contributed by atoms with Crippen LogP contribution in [0.4, 0.5) is 0 Å². The number of rotatable bonds is 7. The first kappa shape index (κ1) is 21.6. The number of nitrogens with zero attached hydrogens (tertiary/aromatic N) is 2. The van der Waals surface area contributed by atoms with Crippen LogP contribution < -0.4 is 14.8 Å². The van der Waals surface area contributed by atoms with Crippen molar-refractivity contribution in [1.29, 1.82) is 5.26 Å². The molecular formula is C21H25N3O3S. The minimum Gasteiger partial charge on any atom is -0.497 e. The fourth-order valence-electron chi connectivity index (χ4n) is 2.82. The van der Waals surface area contributed by atoms with Gasteiger partial charge >= 0.3 is 0 Å². The van der Waals surface area contributed by atoms with E-state index in [0.29, 0.717) is 22.1 Å². The van der Waals surface area contributed by atoms with Crippen molar-refractivity contribution >= 4 is 17.7 Å². The van der Waals surface area contributed by atoms with Crippen LogP contribution in [-0.4, -0.2) is 30.9 Å². The second-order valence-corrected chi connectivity index (χ2v) is 7.39. The van der Waals surface area contributed by atoms with Gasteiger partial charge in [0, 0.05) is 11.3 Å². The second kappa shape index (κ2) is 9.47. The highest BCUT2D eigenvalue weighted by molar-refractivity contribution is 8.00. The summed E-state index contributed by atoms with van der Waals surface area (Å²) in [6, 6.07) is 7.41. The molecule has 148 valence electrons. The normalized spacial score (nSPS) is 11.5. The number of aryl methyl sites for hydroxylation is 1. The number of aromatic nitrogens is 1. The smallest absolute Gasteiger partial charge is 0.230 e. The van der Waals surface area contributed by atoms with Gasteiger partial charge in [-0.25, -0.2) is 4.98 Å². The summed E-state index contributed by atoms with van der Waals surface area (Å²) in [5.74, 6) is 1.39. The molecule has 0 aliphatic rings. The topological polar surface area (TPSA) is 84.2 Å². The maximum absolute atomic E-state index is 12.5. The van der Waals surface area contributed by atoms with E-state index in [2.05, 4.69) is 16.4 Å². The first-order valence-corrected chi connectivity index (χ1v) is 9.82. The lowest BCUT2D eigenvalue weighted by Crippen LogP contribution is -2.28. The van der Waals surface area contributed by atoms with Crippen LogP contribution in [0.3, 0.4) is 0 Å². The number of benzene rings is 1. The zero-order chi connectivity index (χ0) is 20.8. The van der Waals surface area contributed by atoms with Crippen molar-refractivity contribution < 1.29 is 14.3 Å². The van der Waals surface area contributed by atoms with E-state index in [1.807, 2.05) is 45.9 Å². The first-order valence-electron chi connectivity index (χ1n) is 8.84. The number of carbonyl (C=O) groups is 1. The van der Waals surface area contributed by atoms with Gasteiger partial charge < -0.3 is 14.8 Å². The van der Waals surface area contributed by atoms with E-state index in [4.69, 9.17) is 9.47 Å². The van der Waals surface area contributed by atoms with Gasteiger partial charge in [-0.05, 0) is 57.0 Å². The second-order valence-electron chi connectivity index (χ2n) is 6.42. The Morgan fingerprint density at radius 2 is 1.96 bits per heavy atom. The third-order valence-corrected chi connectivity index (χ3v) is 5.67. The van der Waals surface area contributed by atoms with Crippen molar-refractivity contribution in [2.45, 2.75) is 38.8 Å². The molecule has 1 atom stereocenters. The fourth-order valence-corrected chi connectivity index (χ4v) is 3.72. The van der Waals surface area contributed by atoms with Crippen molar-refractivity contribution in [1.82, 2.24) is 10.3 Å². The van der Waals surface area contributed by atoms with Crippen LogP contribution in [0.1, 0.15) is 40.9 Å². The number of methoxy groups -OCH3 is 2. The van der Waals surface area contributed by atoms with Crippen molar-refractivity contribution in [2.24, 2.45) is 0 Å². The number of carbonyl (C=O) groups excluding carboxylic acids is 1. The first-order chi connectivity index (χ1) is 13.3. The summed E-state index contributed by atoms with van der Waals surface area (Å²) in [7, 11) is 3.18. The molecule has 0 radical (unpaired) electrons. The predicted molar refractivity (Wildman–Crippen MR) is 110 cm³/mol. The van der Waals surface area contributed by atoms with Crippen LogP contribution in [0.5, 0.6) is 11.5 Å². The van der Waals surface area contributed by atoms with Gasteiger partial charge in [0.25, 0.3) is 0 Å². The lowest BCUT2D eigenvalue weighted by atomic mass is 10.1. The summed E-state index contributed by atoms with van der Waals surface area (Å²) >= 11 is 1.27. The Bertz CT molecular complexity index is 922. The van der Waals surface area contributed by atoms with Crippen LogP contribution in [-0.2, 0) is 4.79 Å². The van der Waals surface area contributed by atoms with Crippen LogP contribution in [0, 0.1) is 32.1 Å². The highest BCUT2D eigenvalue weighted by Crippen LogP contribution is 2.30. The molecule has 0 spiro atoms. The standard InChI is InChI=1S/C21H25N3O3S/c1-12-13(2)18(10-22)21(24-14(12)3)28-11-20(25)23-15(4)17-9-16(26-5)7-8-19(17)27-6/h7-9,15H,11H2,1-6H3,(H,23,25)/t15-/m1/s1. The molecule has 0 fully saturated rings. The zero-order valence-electron chi connectivity index (χ0n) is 17.0. The highest BCUT2D eigenvalue weighted by Gasteiger charge is 2.17. The molecular weight excluding hydrogens is 374 g/mol. The Morgan fingerprint density at radius 3 is 2.57 bits per heavy atom. The number of hydrogen-bond donors (Lipinski definition) is 1. The average Bonchev–Trinajstić information content (AvgIpc) is 2.69. The minimum atomic E-state index is -0.261. The lowest BCUT2D eigenvalue weighted by Gasteiger charge is -2.18. The molecule has 1 N–H and O–H groups in total. The molecule has 2 aromatic rings. The molecule has 2 rings (SSSR count). The summed E-state index contributed by atoms with van der Waals surface area (Å²) in [6.45, 7) is 7.65. The van der Waals surface area contributed by atoms with Gasteiger partial charge in [-0.3, -0.25) is 4.79 Å². The monoisotopic (exact) mass is 399 g/mol. The van der Waals surface area contributed by atoms with E-state index >= 15 is 0 Å². The van der Waals surface area contributed by atoms with Gasteiger partial charge in [-0.15, -0.1) is 0 Å². The Hall–Kier alpha value is -2.72. The highest BCUT2D eigenvalue weighted by atomic mass is 32.2. The van der Waals surface area contributed by atoms with E-state index in [-0.39, 0.29) is 17.7 Å². The Balaban J connectivity index is 2.11.